The molecule has 0 aliphatic rings. The summed E-state index contributed by atoms with van der Waals surface area (Å²) in [5.41, 5.74) is -0.316. The van der Waals surface area contributed by atoms with Crippen LogP contribution in [0, 0.1) is 0 Å². The molecule has 0 unspecified atom stereocenters. The zero-order valence-electron chi connectivity index (χ0n) is 11.5. The molecular weight excluding hydrogens is 208 g/mol. The first-order valence-corrected chi connectivity index (χ1v) is 5.56. The van der Waals surface area contributed by atoms with Crippen molar-refractivity contribution in [2.24, 2.45) is 0 Å². The van der Waals surface area contributed by atoms with Crippen molar-refractivity contribution in [3.63, 3.8) is 0 Å². The summed E-state index contributed by atoms with van der Waals surface area (Å²) in [4.78, 5) is 0. The van der Waals surface area contributed by atoms with E-state index >= 15 is 0 Å². The third-order valence-corrected chi connectivity index (χ3v) is 2.53. The van der Waals surface area contributed by atoms with Crippen molar-refractivity contribution in [1.29, 1.82) is 0 Å². The molecule has 0 aliphatic heterocycles. The molecule has 0 aliphatic carbocycles. The third-order valence-electron chi connectivity index (χ3n) is 2.53. The van der Waals surface area contributed by atoms with Gasteiger partial charge in [-0.3, -0.25) is 0 Å². The van der Waals surface area contributed by atoms with Crippen LogP contribution in [0.2, 0.25) is 0 Å². The van der Waals surface area contributed by atoms with Gasteiger partial charge in [-0.05, 0) is 40.5 Å². The summed E-state index contributed by atoms with van der Waals surface area (Å²) in [6.45, 7) is 8.18. The van der Waals surface area contributed by atoms with Gasteiger partial charge in [0.2, 0.25) is 0 Å². The predicted molar refractivity (Wildman–Crippen MR) is 65.6 cm³/mol. The molecule has 0 atom stereocenters. The first-order valence-electron chi connectivity index (χ1n) is 5.56. The number of hydrogen-bond donors (Lipinski definition) is 2. The molecule has 100 valence electrons. The van der Waals surface area contributed by atoms with E-state index in [1.807, 2.05) is 27.7 Å². The molecule has 0 heterocycles. The van der Waals surface area contributed by atoms with Gasteiger partial charge in [-0.25, -0.2) is 0 Å². The van der Waals surface area contributed by atoms with Crippen LogP contribution in [0.3, 0.4) is 0 Å². The van der Waals surface area contributed by atoms with Crippen molar-refractivity contribution >= 4 is 0 Å². The third kappa shape index (κ3) is 11.9. The Morgan fingerprint density at radius 1 is 0.750 bits per heavy atom. The Hall–Kier alpha value is -0.160. The quantitative estimate of drug-likeness (QED) is 0.735. The Bertz CT molecular complexity index is 137. The van der Waals surface area contributed by atoms with E-state index in [4.69, 9.17) is 19.7 Å². The molecule has 0 saturated carbocycles. The highest BCUT2D eigenvalue weighted by Gasteiger charge is 2.14. The summed E-state index contributed by atoms with van der Waals surface area (Å²) >= 11 is 0. The van der Waals surface area contributed by atoms with E-state index in [-0.39, 0.29) is 24.4 Å². The van der Waals surface area contributed by atoms with Crippen LogP contribution in [-0.4, -0.2) is 48.8 Å². The lowest BCUT2D eigenvalue weighted by Gasteiger charge is -2.20. The molecule has 0 aromatic heterocycles. The van der Waals surface area contributed by atoms with Crippen LogP contribution < -0.4 is 0 Å². The lowest BCUT2D eigenvalue weighted by Crippen LogP contribution is -2.23. The zero-order valence-corrected chi connectivity index (χ0v) is 11.5. The fourth-order valence-corrected chi connectivity index (χ4v) is 0.743. The van der Waals surface area contributed by atoms with Gasteiger partial charge in [0, 0.05) is 27.4 Å². The van der Waals surface area contributed by atoms with Crippen LogP contribution in [0.1, 0.15) is 40.5 Å². The Kier molecular flexibility index (Phi) is 10.2. The lowest BCUT2D eigenvalue weighted by molar-refractivity contribution is 0.00252. The smallest absolute Gasteiger partial charge is 0.0644 e. The number of aliphatic hydroxyl groups is 2. The van der Waals surface area contributed by atoms with Crippen molar-refractivity contribution < 1.29 is 19.7 Å². The van der Waals surface area contributed by atoms with Gasteiger partial charge in [0.1, 0.15) is 0 Å². The second-order valence-electron chi connectivity index (χ2n) is 4.87. The maximum Gasteiger partial charge on any atom is 0.0644 e. The first kappa shape index (κ1) is 18.2. The topological polar surface area (TPSA) is 58.9 Å². The maximum absolute atomic E-state index is 8.45. The summed E-state index contributed by atoms with van der Waals surface area (Å²) in [5.74, 6) is 0. The molecule has 0 amide bonds. The second-order valence-corrected chi connectivity index (χ2v) is 4.87. The molecule has 0 radical (unpaired) electrons. The fourth-order valence-electron chi connectivity index (χ4n) is 0.743. The number of ether oxygens (including phenoxy) is 2. The van der Waals surface area contributed by atoms with Gasteiger partial charge in [0.05, 0.1) is 11.2 Å². The second kappa shape index (κ2) is 8.93. The predicted octanol–water partition coefficient (Wildman–Crippen LogP) is 1.59. The highest BCUT2D eigenvalue weighted by atomic mass is 16.5. The van der Waals surface area contributed by atoms with E-state index in [0.717, 1.165) is 0 Å². The summed E-state index contributed by atoms with van der Waals surface area (Å²) < 4.78 is 10.0. The molecule has 0 aromatic rings. The largest absolute Gasteiger partial charge is 0.396 e. The average molecular weight is 236 g/mol. The van der Waals surface area contributed by atoms with Crippen LogP contribution in [0.15, 0.2) is 0 Å². The Labute approximate surface area is 99.6 Å². The molecule has 0 aromatic carbocycles. The van der Waals surface area contributed by atoms with Crippen molar-refractivity contribution in [3.05, 3.63) is 0 Å². The highest BCUT2D eigenvalue weighted by Crippen LogP contribution is 2.11. The minimum absolute atomic E-state index is 0.158. The van der Waals surface area contributed by atoms with E-state index in [1.54, 1.807) is 14.2 Å². The van der Waals surface area contributed by atoms with E-state index in [9.17, 15) is 0 Å². The molecule has 0 bridgehead atoms. The summed E-state index contributed by atoms with van der Waals surface area (Å²) in [6, 6.07) is 0. The number of hydrogen-bond acceptors (Lipinski definition) is 4. The molecule has 0 fully saturated rings. The van der Waals surface area contributed by atoms with Crippen LogP contribution in [-0.2, 0) is 9.47 Å². The van der Waals surface area contributed by atoms with E-state index < -0.39 is 0 Å². The summed E-state index contributed by atoms with van der Waals surface area (Å²) in [5, 5.41) is 16.9. The molecule has 0 spiro atoms. The van der Waals surface area contributed by atoms with Crippen molar-refractivity contribution in [1.82, 2.24) is 0 Å². The number of aliphatic hydroxyl groups excluding tert-OH is 2. The molecule has 16 heavy (non-hydrogen) atoms. The normalized spacial score (nSPS) is 12.0. The van der Waals surface area contributed by atoms with E-state index in [2.05, 4.69) is 0 Å². The minimum Gasteiger partial charge on any atom is -0.396 e. The van der Waals surface area contributed by atoms with Crippen LogP contribution in [0.5, 0.6) is 0 Å². The molecule has 0 saturated heterocycles. The van der Waals surface area contributed by atoms with Crippen LogP contribution in [0.25, 0.3) is 0 Å². The minimum atomic E-state index is -0.158. The van der Waals surface area contributed by atoms with E-state index in [1.165, 1.54) is 0 Å². The van der Waals surface area contributed by atoms with Crippen molar-refractivity contribution in [2.75, 3.05) is 27.4 Å². The van der Waals surface area contributed by atoms with E-state index in [0.29, 0.717) is 12.8 Å². The number of rotatable bonds is 6. The van der Waals surface area contributed by atoms with Gasteiger partial charge < -0.3 is 19.7 Å². The molecule has 0 rings (SSSR count). The fraction of sp³-hybridized carbons (Fsp3) is 1.00. The van der Waals surface area contributed by atoms with Gasteiger partial charge in [0.15, 0.2) is 0 Å². The van der Waals surface area contributed by atoms with Gasteiger partial charge in [-0.15, -0.1) is 0 Å². The van der Waals surface area contributed by atoms with Gasteiger partial charge >= 0.3 is 0 Å². The Morgan fingerprint density at radius 3 is 1.06 bits per heavy atom. The lowest BCUT2D eigenvalue weighted by atomic mass is 10.1. The van der Waals surface area contributed by atoms with Gasteiger partial charge in [-0.2, -0.15) is 0 Å². The first-order chi connectivity index (χ1) is 7.24. The van der Waals surface area contributed by atoms with Gasteiger partial charge in [-0.1, -0.05) is 0 Å². The summed E-state index contributed by atoms with van der Waals surface area (Å²) in [7, 11) is 3.30. The zero-order chi connectivity index (χ0) is 13.2. The molecular formula is C12H28O4. The highest BCUT2D eigenvalue weighted by molar-refractivity contribution is 4.66. The van der Waals surface area contributed by atoms with Crippen LogP contribution in [0.4, 0.5) is 0 Å². The van der Waals surface area contributed by atoms with Crippen molar-refractivity contribution in [2.45, 2.75) is 51.7 Å². The SMILES string of the molecule is COC(C)(C)CCO.COC(C)(C)CCO. The van der Waals surface area contributed by atoms with Crippen molar-refractivity contribution in [3.8, 4) is 0 Å². The summed E-state index contributed by atoms with van der Waals surface area (Å²) in [6.07, 6.45) is 1.40. The molecule has 4 heteroatoms. The van der Waals surface area contributed by atoms with Crippen LogP contribution >= 0.6 is 0 Å². The van der Waals surface area contributed by atoms with Gasteiger partial charge in [0.25, 0.3) is 0 Å². The molecule has 4 nitrogen and oxygen atoms in total. The monoisotopic (exact) mass is 236 g/mol. The number of methoxy groups -OCH3 is 2. The maximum atomic E-state index is 8.45. The molecule has 2 N–H and O–H groups in total. The standard InChI is InChI=1S/2C6H14O2/c2*1-6(2,8-3)4-5-7/h2*7H,4-5H2,1-3H3. The Morgan fingerprint density at radius 2 is 1.00 bits per heavy atom. The average Bonchev–Trinajstić information content (AvgIpc) is 2.19. The Balaban J connectivity index is 0.